The van der Waals surface area contributed by atoms with Crippen molar-refractivity contribution in [1.29, 1.82) is 0 Å². The van der Waals surface area contributed by atoms with Crippen molar-refractivity contribution < 1.29 is 19.1 Å². The van der Waals surface area contributed by atoms with Crippen molar-refractivity contribution in [2.75, 3.05) is 13.7 Å². The van der Waals surface area contributed by atoms with Crippen LogP contribution in [0.1, 0.15) is 29.2 Å². The molecule has 138 valence electrons. The van der Waals surface area contributed by atoms with Crippen LogP contribution in [0.4, 0.5) is 0 Å². The molecule has 1 amide bonds. The zero-order chi connectivity index (χ0) is 19.1. The number of halogens is 1. The summed E-state index contributed by atoms with van der Waals surface area (Å²) in [5, 5.41) is 2.83. The Balaban J connectivity index is 2.01. The molecule has 0 radical (unpaired) electrons. The number of carbonyl (C=O) groups is 2. The van der Waals surface area contributed by atoms with Gasteiger partial charge in [-0.05, 0) is 54.8 Å². The molecule has 1 atom stereocenters. The average molecular weight is 420 g/mol. The smallest absolute Gasteiger partial charge is 0.307 e. The Morgan fingerprint density at radius 3 is 2.38 bits per heavy atom. The number of ether oxygens (including phenoxy) is 2. The van der Waals surface area contributed by atoms with Gasteiger partial charge < -0.3 is 14.8 Å². The van der Waals surface area contributed by atoms with Crippen LogP contribution >= 0.6 is 15.9 Å². The van der Waals surface area contributed by atoms with Gasteiger partial charge >= 0.3 is 5.97 Å². The summed E-state index contributed by atoms with van der Waals surface area (Å²) in [7, 11) is 1.33. The molecule has 1 unspecified atom stereocenters. The van der Waals surface area contributed by atoms with Gasteiger partial charge in [-0.15, -0.1) is 0 Å². The van der Waals surface area contributed by atoms with Crippen molar-refractivity contribution in [3.05, 3.63) is 63.6 Å². The number of rotatable bonds is 7. The van der Waals surface area contributed by atoms with Crippen LogP contribution < -0.4 is 10.1 Å². The molecule has 0 aromatic heterocycles. The minimum atomic E-state index is -0.480. The number of hydrogen-bond donors (Lipinski definition) is 1. The standard InChI is InChI=1S/C20H22BrNO4/c1-13-4-9-17(10-14(13)2)26-12-19(23)22-18(11-20(24)25-3)15-5-7-16(21)8-6-15/h4-10,18H,11-12H2,1-3H3,(H,22,23). The zero-order valence-electron chi connectivity index (χ0n) is 15.0. The highest BCUT2D eigenvalue weighted by Crippen LogP contribution is 2.21. The van der Waals surface area contributed by atoms with E-state index in [1.807, 2.05) is 56.3 Å². The molecule has 0 heterocycles. The van der Waals surface area contributed by atoms with Crippen LogP contribution in [0.5, 0.6) is 5.75 Å². The van der Waals surface area contributed by atoms with Gasteiger partial charge in [-0.25, -0.2) is 0 Å². The molecule has 1 N–H and O–H groups in total. The molecule has 0 spiro atoms. The second-order valence-electron chi connectivity index (χ2n) is 5.99. The number of nitrogens with one attached hydrogen (secondary N) is 1. The molecule has 0 bridgehead atoms. The summed E-state index contributed by atoms with van der Waals surface area (Å²) in [5.41, 5.74) is 3.08. The van der Waals surface area contributed by atoms with Gasteiger partial charge in [0.1, 0.15) is 5.75 Å². The third-order valence-corrected chi connectivity index (χ3v) is 4.58. The molecular weight excluding hydrogens is 398 g/mol. The molecule has 2 rings (SSSR count). The van der Waals surface area contributed by atoms with Crippen molar-refractivity contribution in [2.24, 2.45) is 0 Å². The van der Waals surface area contributed by atoms with E-state index in [9.17, 15) is 9.59 Å². The Kier molecular flexibility index (Phi) is 7.21. The predicted octanol–water partition coefficient (Wildman–Crippen LogP) is 3.87. The highest BCUT2D eigenvalue weighted by molar-refractivity contribution is 9.10. The molecule has 0 saturated carbocycles. The maximum absolute atomic E-state index is 12.3. The van der Waals surface area contributed by atoms with Crippen LogP contribution in [0.3, 0.4) is 0 Å². The number of amides is 1. The van der Waals surface area contributed by atoms with Gasteiger partial charge in [-0.1, -0.05) is 34.1 Å². The van der Waals surface area contributed by atoms with Crippen molar-refractivity contribution in [1.82, 2.24) is 5.32 Å². The van der Waals surface area contributed by atoms with E-state index in [1.54, 1.807) is 0 Å². The lowest BCUT2D eigenvalue weighted by Crippen LogP contribution is -2.34. The third-order valence-electron chi connectivity index (χ3n) is 4.05. The summed E-state index contributed by atoms with van der Waals surface area (Å²) in [6, 6.07) is 12.6. The molecule has 2 aromatic rings. The van der Waals surface area contributed by atoms with Crippen molar-refractivity contribution >= 4 is 27.8 Å². The fourth-order valence-electron chi connectivity index (χ4n) is 2.39. The normalized spacial score (nSPS) is 11.5. The number of hydrogen-bond acceptors (Lipinski definition) is 4. The Hall–Kier alpha value is -2.34. The van der Waals surface area contributed by atoms with Gasteiger partial charge in [-0.3, -0.25) is 9.59 Å². The van der Waals surface area contributed by atoms with Crippen LogP contribution in [0.2, 0.25) is 0 Å². The van der Waals surface area contributed by atoms with E-state index in [4.69, 9.17) is 9.47 Å². The molecule has 6 heteroatoms. The minimum absolute atomic E-state index is 0.0491. The van der Waals surface area contributed by atoms with E-state index >= 15 is 0 Å². The van der Waals surface area contributed by atoms with Crippen molar-refractivity contribution in [2.45, 2.75) is 26.3 Å². The van der Waals surface area contributed by atoms with Gasteiger partial charge in [0.25, 0.3) is 5.91 Å². The molecule has 0 aliphatic heterocycles. The quantitative estimate of drug-likeness (QED) is 0.691. The van der Waals surface area contributed by atoms with Crippen LogP contribution in [0, 0.1) is 13.8 Å². The molecule has 0 aliphatic carbocycles. The van der Waals surface area contributed by atoms with E-state index in [-0.39, 0.29) is 18.9 Å². The Labute approximate surface area is 161 Å². The summed E-state index contributed by atoms with van der Waals surface area (Å²) >= 11 is 3.37. The van der Waals surface area contributed by atoms with E-state index in [0.717, 1.165) is 21.2 Å². The molecule has 2 aromatic carbocycles. The van der Waals surface area contributed by atoms with E-state index in [2.05, 4.69) is 21.2 Å². The first-order valence-corrected chi connectivity index (χ1v) is 9.00. The number of esters is 1. The topological polar surface area (TPSA) is 64.6 Å². The van der Waals surface area contributed by atoms with Crippen LogP contribution in [0.15, 0.2) is 46.9 Å². The molecule has 5 nitrogen and oxygen atoms in total. The monoisotopic (exact) mass is 419 g/mol. The highest BCUT2D eigenvalue weighted by Gasteiger charge is 2.19. The Bertz CT molecular complexity index is 774. The first-order chi connectivity index (χ1) is 12.4. The summed E-state index contributed by atoms with van der Waals surface area (Å²) < 4.78 is 11.2. The summed E-state index contributed by atoms with van der Waals surface area (Å²) in [6.07, 6.45) is 0.0491. The van der Waals surface area contributed by atoms with Gasteiger partial charge in [0.05, 0.1) is 19.6 Å². The second kappa shape index (κ2) is 9.38. The Morgan fingerprint density at radius 1 is 1.08 bits per heavy atom. The lowest BCUT2D eigenvalue weighted by Gasteiger charge is -2.18. The zero-order valence-corrected chi connectivity index (χ0v) is 16.6. The van der Waals surface area contributed by atoms with Crippen molar-refractivity contribution in [3.8, 4) is 5.75 Å². The van der Waals surface area contributed by atoms with E-state index in [0.29, 0.717) is 5.75 Å². The van der Waals surface area contributed by atoms with Gasteiger partial charge in [0.15, 0.2) is 6.61 Å². The van der Waals surface area contributed by atoms with Crippen molar-refractivity contribution in [3.63, 3.8) is 0 Å². The molecule has 0 aliphatic rings. The fraction of sp³-hybridized carbons (Fsp3) is 0.300. The molecular formula is C20H22BrNO4. The van der Waals surface area contributed by atoms with E-state index in [1.165, 1.54) is 7.11 Å². The predicted molar refractivity (Wildman–Crippen MR) is 103 cm³/mol. The first-order valence-electron chi connectivity index (χ1n) is 8.20. The van der Waals surface area contributed by atoms with Gasteiger partial charge in [0.2, 0.25) is 0 Å². The maximum atomic E-state index is 12.3. The number of carbonyl (C=O) groups excluding carboxylic acids is 2. The van der Waals surface area contributed by atoms with Gasteiger partial charge in [0, 0.05) is 4.47 Å². The average Bonchev–Trinajstić information content (AvgIpc) is 2.62. The highest BCUT2D eigenvalue weighted by atomic mass is 79.9. The molecule has 0 fully saturated rings. The largest absolute Gasteiger partial charge is 0.484 e. The van der Waals surface area contributed by atoms with Gasteiger partial charge in [-0.2, -0.15) is 0 Å². The second-order valence-corrected chi connectivity index (χ2v) is 6.90. The molecule has 26 heavy (non-hydrogen) atoms. The SMILES string of the molecule is COC(=O)CC(NC(=O)COc1ccc(C)c(C)c1)c1ccc(Br)cc1. The summed E-state index contributed by atoms with van der Waals surface area (Å²) in [5.74, 6) is -0.0650. The first kappa shape index (κ1) is 20.0. The third kappa shape index (κ3) is 5.88. The minimum Gasteiger partial charge on any atom is -0.484 e. The summed E-state index contributed by atoms with van der Waals surface area (Å²) in [4.78, 5) is 24.0. The van der Waals surface area contributed by atoms with Crippen LogP contribution in [-0.4, -0.2) is 25.6 Å². The van der Waals surface area contributed by atoms with Crippen LogP contribution in [0.25, 0.3) is 0 Å². The lowest BCUT2D eigenvalue weighted by molar-refractivity contribution is -0.141. The number of aryl methyl sites for hydroxylation is 2. The number of benzene rings is 2. The van der Waals surface area contributed by atoms with E-state index < -0.39 is 12.0 Å². The lowest BCUT2D eigenvalue weighted by atomic mass is 10.0. The maximum Gasteiger partial charge on any atom is 0.307 e. The fourth-order valence-corrected chi connectivity index (χ4v) is 2.65. The van der Waals surface area contributed by atoms with Crippen LogP contribution in [-0.2, 0) is 14.3 Å². The summed E-state index contributed by atoms with van der Waals surface area (Å²) in [6.45, 7) is 3.88. The number of methoxy groups -OCH3 is 1. The molecule has 0 saturated heterocycles. The Morgan fingerprint density at radius 2 is 1.77 bits per heavy atom.